The van der Waals surface area contributed by atoms with E-state index in [9.17, 15) is 0 Å². The van der Waals surface area contributed by atoms with Crippen molar-refractivity contribution < 1.29 is 0 Å². The predicted molar refractivity (Wildman–Crippen MR) is 269 cm³/mol. The van der Waals surface area contributed by atoms with Crippen molar-refractivity contribution in [2.75, 3.05) is 0 Å². The van der Waals surface area contributed by atoms with Crippen LogP contribution in [0.5, 0.6) is 0 Å². The number of para-hydroxylation sites is 1. The summed E-state index contributed by atoms with van der Waals surface area (Å²) in [5, 5.41) is 9.66. The molecule has 10 aromatic carbocycles. The van der Waals surface area contributed by atoms with Crippen molar-refractivity contribution in [2.24, 2.45) is 0 Å². The fraction of sp³-hybridized carbons (Fsp3) is 0. The Morgan fingerprint density at radius 2 is 0.906 bits per heavy atom. The van der Waals surface area contributed by atoms with Crippen molar-refractivity contribution in [2.45, 2.75) is 0 Å². The van der Waals surface area contributed by atoms with Crippen LogP contribution >= 0.6 is 11.3 Å². The van der Waals surface area contributed by atoms with Gasteiger partial charge in [-0.1, -0.05) is 182 Å². The Morgan fingerprint density at radius 3 is 1.69 bits per heavy atom. The summed E-state index contributed by atoms with van der Waals surface area (Å²) in [7, 11) is 0. The summed E-state index contributed by atoms with van der Waals surface area (Å²) in [5.74, 6) is 1.87. The van der Waals surface area contributed by atoms with Gasteiger partial charge in [0.15, 0.2) is 17.5 Å². The fourth-order valence-corrected chi connectivity index (χ4v) is 10.8. The van der Waals surface area contributed by atoms with Crippen molar-refractivity contribution in [3.63, 3.8) is 0 Å². The van der Waals surface area contributed by atoms with E-state index in [0.717, 1.165) is 61.1 Å². The van der Waals surface area contributed by atoms with E-state index in [-0.39, 0.29) is 0 Å². The molecular formula is C59H36N4S. The van der Waals surface area contributed by atoms with Crippen LogP contribution in [0.3, 0.4) is 0 Å². The number of aromatic nitrogens is 4. The molecule has 3 aromatic heterocycles. The summed E-state index contributed by atoms with van der Waals surface area (Å²) in [5.41, 5.74) is 10.7. The topological polar surface area (TPSA) is 43.6 Å². The standard InChI is InChI=1S/C59H36N4S/c1-3-14-37(15-4-1)39-26-28-41(29-27-39)57-60-58(45-22-13-21-42(32-45)38-16-5-2-6-17-38)62-59(61-57)51-35-46(36-54-55(51)49-31-30-40-18-9-10-23-47(40)56(49)64-54)63-52-25-12-11-24-48(52)50-33-43-19-7-8-20-44(43)34-53(50)63/h1-36H. The fourth-order valence-electron chi connectivity index (χ4n) is 9.52. The van der Waals surface area contributed by atoms with E-state index in [1.165, 1.54) is 47.1 Å². The minimum atomic E-state index is 0.622. The van der Waals surface area contributed by atoms with Crippen LogP contribution in [0.2, 0.25) is 0 Å². The third-order valence-electron chi connectivity index (χ3n) is 12.6. The SMILES string of the molecule is c1ccc(-c2ccc(-c3nc(-c4cccc(-c5ccccc5)c4)nc(-c4cc(-n5c6ccccc6c6cc7ccccc7cc65)cc5sc6c7ccccc7ccc6c45)n3)cc2)cc1. The Morgan fingerprint density at radius 1 is 0.328 bits per heavy atom. The lowest BCUT2D eigenvalue weighted by Gasteiger charge is -2.14. The van der Waals surface area contributed by atoms with Gasteiger partial charge < -0.3 is 4.57 Å². The maximum atomic E-state index is 5.46. The number of thiophene rings is 1. The van der Waals surface area contributed by atoms with Gasteiger partial charge in [-0.15, -0.1) is 11.3 Å². The lowest BCUT2D eigenvalue weighted by Crippen LogP contribution is -2.02. The second-order valence-electron chi connectivity index (χ2n) is 16.4. The molecule has 13 rings (SSSR count). The average Bonchev–Trinajstić information content (AvgIpc) is 3.91. The number of fused-ring (bicyclic) bond motifs is 9. The smallest absolute Gasteiger partial charge is 0.164 e. The number of nitrogens with zero attached hydrogens (tertiary/aromatic N) is 4. The van der Waals surface area contributed by atoms with Crippen molar-refractivity contribution in [3.05, 3.63) is 218 Å². The van der Waals surface area contributed by atoms with Crippen LogP contribution in [0.15, 0.2) is 218 Å². The number of hydrogen-bond donors (Lipinski definition) is 0. The van der Waals surface area contributed by atoms with Crippen molar-refractivity contribution in [3.8, 4) is 62.1 Å². The Hall–Kier alpha value is -8.25. The monoisotopic (exact) mass is 832 g/mol. The summed E-state index contributed by atoms with van der Waals surface area (Å²) in [6, 6.07) is 78.0. The second-order valence-corrected chi connectivity index (χ2v) is 17.4. The molecule has 0 aliphatic carbocycles. The van der Waals surface area contributed by atoms with Gasteiger partial charge in [-0.3, -0.25) is 0 Å². The number of hydrogen-bond acceptors (Lipinski definition) is 4. The Bertz CT molecular complexity index is 3940. The van der Waals surface area contributed by atoms with E-state index in [1.54, 1.807) is 0 Å². The highest BCUT2D eigenvalue weighted by molar-refractivity contribution is 7.26. The first kappa shape index (κ1) is 36.4. The van der Waals surface area contributed by atoms with Crippen LogP contribution in [0.4, 0.5) is 0 Å². The lowest BCUT2D eigenvalue weighted by molar-refractivity contribution is 1.07. The van der Waals surface area contributed by atoms with Crippen LogP contribution in [0.25, 0.3) is 126 Å². The highest BCUT2D eigenvalue weighted by atomic mass is 32.1. The molecule has 4 nitrogen and oxygen atoms in total. The van der Waals surface area contributed by atoms with E-state index < -0.39 is 0 Å². The van der Waals surface area contributed by atoms with E-state index >= 15 is 0 Å². The third kappa shape index (κ3) is 6.01. The summed E-state index contributed by atoms with van der Waals surface area (Å²) in [4.78, 5) is 16.2. The molecule has 0 spiro atoms. The summed E-state index contributed by atoms with van der Waals surface area (Å²) >= 11 is 1.84. The van der Waals surface area contributed by atoms with E-state index in [0.29, 0.717) is 17.5 Å². The molecule has 0 unspecified atom stereocenters. The zero-order chi connectivity index (χ0) is 42.1. The molecule has 13 aromatic rings. The number of benzene rings is 10. The van der Waals surface area contributed by atoms with Crippen LogP contribution in [-0.2, 0) is 0 Å². The highest BCUT2D eigenvalue weighted by Crippen LogP contribution is 2.45. The Balaban J connectivity index is 1.10. The molecule has 0 N–H and O–H groups in total. The molecule has 0 aliphatic rings. The molecule has 0 amide bonds. The van der Waals surface area contributed by atoms with Crippen LogP contribution in [0, 0.1) is 0 Å². The highest BCUT2D eigenvalue weighted by Gasteiger charge is 2.22. The molecule has 3 heterocycles. The molecule has 64 heavy (non-hydrogen) atoms. The largest absolute Gasteiger partial charge is 0.309 e. The first-order valence-electron chi connectivity index (χ1n) is 21.6. The van der Waals surface area contributed by atoms with Gasteiger partial charge in [0.1, 0.15) is 0 Å². The van der Waals surface area contributed by atoms with Gasteiger partial charge in [0.2, 0.25) is 0 Å². The normalized spacial score (nSPS) is 11.8. The minimum absolute atomic E-state index is 0.622. The van der Waals surface area contributed by atoms with Crippen LogP contribution < -0.4 is 0 Å². The molecule has 0 radical (unpaired) electrons. The van der Waals surface area contributed by atoms with Gasteiger partial charge in [-0.25, -0.2) is 15.0 Å². The van der Waals surface area contributed by atoms with Gasteiger partial charge in [-0.2, -0.15) is 0 Å². The van der Waals surface area contributed by atoms with Crippen molar-refractivity contribution >= 4 is 74.9 Å². The van der Waals surface area contributed by atoms with Gasteiger partial charge in [0, 0.05) is 53.3 Å². The zero-order valence-electron chi connectivity index (χ0n) is 34.5. The first-order valence-corrected chi connectivity index (χ1v) is 22.4. The summed E-state index contributed by atoms with van der Waals surface area (Å²) < 4.78 is 4.85. The van der Waals surface area contributed by atoms with E-state index in [1.807, 2.05) is 23.5 Å². The van der Waals surface area contributed by atoms with Crippen molar-refractivity contribution in [1.82, 2.24) is 19.5 Å². The molecule has 0 fully saturated rings. The van der Waals surface area contributed by atoms with E-state index in [4.69, 9.17) is 15.0 Å². The van der Waals surface area contributed by atoms with Gasteiger partial charge in [0.05, 0.1) is 11.0 Å². The molecule has 5 heteroatoms. The maximum Gasteiger partial charge on any atom is 0.164 e. The zero-order valence-corrected chi connectivity index (χ0v) is 35.3. The minimum Gasteiger partial charge on any atom is -0.309 e. The Kier molecular flexibility index (Phi) is 8.36. The predicted octanol–water partition coefficient (Wildman–Crippen LogP) is 16.0. The van der Waals surface area contributed by atoms with Crippen LogP contribution in [-0.4, -0.2) is 19.5 Å². The maximum absolute atomic E-state index is 5.46. The molecule has 0 aliphatic heterocycles. The molecular weight excluding hydrogens is 797 g/mol. The second kappa shape index (κ2) is 14.7. The first-order chi connectivity index (χ1) is 31.7. The van der Waals surface area contributed by atoms with E-state index in [2.05, 4.69) is 211 Å². The Labute approximate surface area is 373 Å². The molecule has 0 atom stereocenters. The molecule has 0 saturated carbocycles. The summed E-state index contributed by atoms with van der Waals surface area (Å²) in [6.07, 6.45) is 0. The molecule has 0 saturated heterocycles. The third-order valence-corrected chi connectivity index (χ3v) is 13.8. The molecule has 298 valence electrons. The lowest BCUT2D eigenvalue weighted by atomic mass is 10.0. The van der Waals surface area contributed by atoms with Crippen molar-refractivity contribution in [1.29, 1.82) is 0 Å². The average molecular weight is 833 g/mol. The van der Waals surface area contributed by atoms with Crippen LogP contribution in [0.1, 0.15) is 0 Å². The van der Waals surface area contributed by atoms with Gasteiger partial charge >= 0.3 is 0 Å². The van der Waals surface area contributed by atoms with Gasteiger partial charge in [-0.05, 0) is 80.2 Å². The number of rotatable bonds is 6. The summed E-state index contributed by atoms with van der Waals surface area (Å²) in [6.45, 7) is 0. The van der Waals surface area contributed by atoms with Gasteiger partial charge in [0.25, 0.3) is 0 Å². The molecule has 0 bridgehead atoms. The quantitative estimate of drug-likeness (QED) is 0.168.